The van der Waals surface area contributed by atoms with Crippen molar-refractivity contribution in [3.8, 4) is 0 Å². The number of aryl methyl sites for hydroxylation is 1. The first-order valence-corrected chi connectivity index (χ1v) is 6.69. The van der Waals surface area contributed by atoms with Gasteiger partial charge in [0.2, 0.25) is 5.91 Å². The molecule has 1 aliphatic heterocycles. The minimum absolute atomic E-state index is 0.116. The van der Waals surface area contributed by atoms with Gasteiger partial charge in [0.15, 0.2) is 0 Å². The van der Waals surface area contributed by atoms with Crippen molar-refractivity contribution < 1.29 is 4.79 Å². The Morgan fingerprint density at radius 3 is 2.68 bits per heavy atom. The maximum Gasteiger partial charge on any atom is 0.224 e. The molecule has 2 aromatic rings. The Morgan fingerprint density at radius 1 is 1.11 bits per heavy atom. The van der Waals surface area contributed by atoms with Gasteiger partial charge >= 0.3 is 0 Å². The number of carbonyl (C=O) groups is 1. The molecular weight excluding hydrogens is 234 g/mol. The Labute approximate surface area is 113 Å². The predicted molar refractivity (Wildman–Crippen MR) is 77.3 cm³/mol. The molecule has 0 spiro atoms. The van der Waals surface area contributed by atoms with Crippen LogP contribution in [0.4, 0.5) is 5.69 Å². The zero-order valence-corrected chi connectivity index (χ0v) is 11.0. The van der Waals surface area contributed by atoms with E-state index in [0.717, 1.165) is 12.1 Å². The van der Waals surface area contributed by atoms with E-state index < -0.39 is 0 Å². The maximum atomic E-state index is 11.8. The van der Waals surface area contributed by atoms with Gasteiger partial charge in [0.05, 0.1) is 0 Å². The highest BCUT2D eigenvalue weighted by Gasteiger charge is 2.23. The highest BCUT2D eigenvalue weighted by atomic mass is 16.1. The van der Waals surface area contributed by atoms with Crippen LogP contribution in [0.3, 0.4) is 0 Å². The Kier molecular flexibility index (Phi) is 3.08. The smallest absolute Gasteiger partial charge is 0.224 e. The lowest BCUT2D eigenvalue weighted by molar-refractivity contribution is -0.116. The van der Waals surface area contributed by atoms with Crippen LogP contribution >= 0.6 is 0 Å². The van der Waals surface area contributed by atoms with Gasteiger partial charge in [-0.15, -0.1) is 0 Å². The topological polar surface area (TPSA) is 29.1 Å². The third-order valence-corrected chi connectivity index (χ3v) is 3.72. The largest absolute Gasteiger partial charge is 0.326 e. The van der Waals surface area contributed by atoms with Crippen LogP contribution in [0.5, 0.6) is 0 Å². The summed E-state index contributed by atoms with van der Waals surface area (Å²) in [5.74, 6) is 0.418. The number of anilines is 1. The number of fused-ring (bicyclic) bond motifs is 1. The molecule has 0 unspecified atom stereocenters. The Hall–Kier alpha value is -2.09. The van der Waals surface area contributed by atoms with E-state index in [-0.39, 0.29) is 5.91 Å². The molecule has 2 heteroatoms. The molecule has 0 saturated carbocycles. The summed E-state index contributed by atoms with van der Waals surface area (Å²) in [6.45, 7) is 2.05. The molecular formula is C17H17NO. The van der Waals surface area contributed by atoms with Crippen LogP contribution in [-0.2, 0) is 4.79 Å². The number of rotatable bonds is 1. The lowest BCUT2D eigenvalue weighted by atomic mass is 9.87. The Balaban J connectivity index is 2.10. The average Bonchev–Trinajstić information content (AvgIpc) is 2.57. The van der Waals surface area contributed by atoms with Crippen LogP contribution in [0.2, 0.25) is 0 Å². The highest BCUT2D eigenvalue weighted by molar-refractivity contribution is 5.92. The minimum atomic E-state index is 0.116. The number of carbonyl (C=O) groups excluding carboxylic acids is 1. The third-order valence-electron chi connectivity index (χ3n) is 3.72. The van der Waals surface area contributed by atoms with Crippen molar-refractivity contribution in [2.45, 2.75) is 25.7 Å². The molecule has 19 heavy (non-hydrogen) atoms. The van der Waals surface area contributed by atoms with Gasteiger partial charge in [-0.2, -0.15) is 0 Å². The SMILES string of the molecule is Cc1ccc2c(c1)NC(=O)CC[C@@H]2c1ccccc1. The van der Waals surface area contributed by atoms with Gasteiger partial charge in [-0.25, -0.2) is 0 Å². The first kappa shape index (κ1) is 12.0. The molecule has 1 aliphatic rings. The molecule has 1 N–H and O–H groups in total. The molecule has 1 atom stereocenters. The van der Waals surface area contributed by atoms with Gasteiger partial charge in [0.25, 0.3) is 0 Å². The van der Waals surface area contributed by atoms with Gasteiger partial charge < -0.3 is 5.32 Å². The van der Waals surface area contributed by atoms with Gasteiger partial charge in [0.1, 0.15) is 0 Å². The molecule has 1 amide bonds. The molecule has 96 valence electrons. The van der Waals surface area contributed by atoms with Crippen molar-refractivity contribution in [1.29, 1.82) is 0 Å². The Bertz CT molecular complexity index is 604. The summed E-state index contributed by atoms with van der Waals surface area (Å²) in [7, 11) is 0. The zero-order chi connectivity index (χ0) is 13.2. The molecule has 0 radical (unpaired) electrons. The number of nitrogens with one attached hydrogen (secondary N) is 1. The summed E-state index contributed by atoms with van der Waals surface area (Å²) in [6.07, 6.45) is 1.44. The van der Waals surface area contributed by atoms with Gasteiger partial charge in [-0.1, -0.05) is 42.5 Å². The van der Waals surface area contributed by atoms with Gasteiger partial charge in [-0.05, 0) is 36.1 Å². The van der Waals surface area contributed by atoms with E-state index in [0.29, 0.717) is 12.3 Å². The summed E-state index contributed by atoms with van der Waals surface area (Å²) in [5.41, 5.74) is 4.65. The monoisotopic (exact) mass is 251 g/mol. The zero-order valence-electron chi connectivity index (χ0n) is 11.0. The van der Waals surface area contributed by atoms with E-state index >= 15 is 0 Å². The predicted octanol–water partition coefficient (Wildman–Crippen LogP) is 3.86. The molecule has 3 rings (SSSR count). The number of amides is 1. The fraction of sp³-hybridized carbons (Fsp3) is 0.235. The van der Waals surface area contributed by atoms with E-state index in [2.05, 4.69) is 54.7 Å². The standard InChI is InChI=1S/C17H17NO/c1-12-7-8-15-14(13-5-3-2-4-6-13)9-10-17(19)18-16(15)11-12/h2-8,11,14H,9-10H2,1H3,(H,18,19)/t14-/m1/s1. The highest BCUT2D eigenvalue weighted by Crippen LogP contribution is 2.36. The quantitative estimate of drug-likeness (QED) is 0.819. The third kappa shape index (κ3) is 2.39. The van der Waals surface area contributed by atoms with E-state index in [9.17, 15) is 4.79 Å². The summed E-state index contributed by atoms with van der Waals surface area (Å²) >= 11 is 0. The van der Waals surface area contributed by atoms with Crippen molar-refractivity contribution in [1.82, 2.24) is 0 Å². The van der Waals surface area contributed by atoms with Crippen molar-refractivity contribution in [2.24, 2.45) is 0 Å². The van der Waals surface area contributed by atoms with Crippen LogP contribution in [0.25, 0.3) is 0 Å². The number of hydrogen-bond acceptors (Lipinski definition) is 1. The van der Waals surface area contributed by atoms with Crippen LogP contribution in [0.15, 0.2) is 48.5 Å². The van der Waals surface area contributed by atoms with E-state index in [4.69, 9.17) is 0 Å². The fourth-order valence-electron chi connectivity index (χ4n) is 2.76. The van der Waals surface area contributed by atoms with E-state index in [1.54, 1.807) is 0 Å². The van der Waals surface area contributed by atoms with Crippen molar-refractivity contribution in [3.63, 3.8) is 0 Å². The average molecular weight is 251 g/mol. The van der Waals surface area contributed by atoms with Crippen molar-refractivity contribution in [3.05, 3.63) is 65.2 Å². The molecule has 1 heterocycles. The van der Waals surface area contributed by atoms with Crippen molar-refractivity contribution in [2.75, 3.05) is 5.32 Å². The van der Waals surface area contributed by atoms with E-state index in [1.165, 1.54) is 16.7 Å². The van der Waals surface area contributed by atoms with E-state index in [1.807, 2.05) is 6.07 Å². The van der Waals surface area contributed by atoms with Crippen molar-refractivity contribution >= 4 is 11.6 Å². The van der Waals surface area contributed by atoms with Crippen LogP contribution < -0.4 is 5.32 Å². The molecule has 0 bridgehead atoms. The first-order chi connectivity index (χ1) is 9.24. The summed E-state index contributed by atoms with van der Waals surface area (Å²) in [6, 6.07) is 16.8. The number of hydrogen-bond donors (Lipinski definition) is 1. The molecule has 0 fully saturated rings. The van der Waals surface area contributed by atoms with Crippen LogP contribution in [-0.4, -0.2) is 5.91 Å². The second-order valence-electron chi connectivity index (χ2n) is 5.14. The minimum Gasteiger partial charge on any atom is -0.326 e. The van der Waals surface area contributed by atoms with Gasteiger partial charge in [-0.3, -0.25) is 4.79 Å². The Morgan fingerprint density at radius 2 is 1.89 bits per heavy atom. The summed E-state index contributed by atoms with van der Waals surface area (Å²) in [4.78, 5) is 11.8. The molecule has 2 aromatic carbocycles. The second-order valence-corrected chi connectivity index (χ2v) is 5.14. The van der Waals surface area contributed by atoms with Gasteiger partial charge in [0, 0.05) is 18.0 Å². The number of benzene rings is 2. The molecule has 2 nitrogen and oxygen atoms in total. The second kappa shape index (κ2) is 4.88. The molecule has 0 aliphatic carbocycles. The van der Waals surface area contributed by atoms with Crippen LogP contribution in [0.1, 0.15) is 35.4 Å². The maximum absolute atomic E-state index is 11.8. The fourth-order valence-corrected chi connectivity index (χ4v) is 2.76. The molecule has 0 saturated heterocycles. The first-order valence-electron chi connectivity index (χ1n) is 6.69. The summed E-state index contributed by atoms with van der Waals surface area (Å²) in [5, 5.41) is 3.02. The lowest BCUT2D eigenvalue weighted by Crippen LogP contribution is -2.09. The summed E-state index contributed by atoms with van der Waals surface area (Å²) < 4.78 is 0. The normalized spacial score (nSPS) is 18.4. The molecule has 0 aromatic heterocycles. The van der Waals surface area contributed by atoms with Crippen LogP contribution in [0, 0.1) is 6.92 Å². The lowest BCUT2D eigenvalue weighted by Gasteiger charge is -2.17.